The third kappa shape index (κ3) is 4.58. The second kappa shape index (κ2) is 7.80. The van der Waals surface area contributed by atoms with E-state index in [1.54, 1.807) is 24.3 Å². The Balaban J connectivity index is 2.08. The van der Waals surface area contributed by atoms with E-state index in [1.807, 2.05) is 0 Å². The van der Waals surface area contributed by atoms with Gasteiger partial charge >= 0.3 is 6.03 Å². The maximum absolute atomic E-state index is 13.3. The summed E-state index contributed by atoms with van der Waals surface area (Å²) < 4.78 is 18.3. The maximum atomic E-state index is 13.3. The Labute approximate surface area is 138 Å². The molecule has 0 aliphatic rings. The maximum Gasteiger partial charge on any atom is 0.319 e. The van der Waals surface area contributed by atoms with Crippen LogP contribution in [-0.4, -0.2) is 24.9 Å². The number of nitrogens with one attached hydrogen (secondary N) is 2. The van der Waals surface area contributed by atoms with Crippen molar-refractivity contribution >= 4 is 23.3 Å². The van der Waals surface area contributed by atoms with Gasteiger partial charge in [0.25, 0.3) is 0 Å². The average Bonchev–Trinajstić information content (AvgIpc) is 2.54. The molecular formula is C16H16ClFN2O3. The summed E-state index contributed by atoms with van der Waals surface area (Å²) in [6.07, 6.45) is 0. The van der Waals surface area contributed by atoms with Gasteiger partial charge in [0.05, 0.1) is 25.4 Å². The van der Waals surface area contributed by atoms with Gasteiger partial charge in [-0.1, -0.05) is 23.7 Å². The van der Waals surface area contributed by atoms with E-state index >= 15 is 0 Å². The smallest absolute Gasteiger partial charge is 0.319 e. The molecule has 0 aromatic heterocycles. The number of carbonyl (C=O) groups is 1. The lowest BCUT2D eigenvalue weighted by Crippen LogP contribution is -2.34. The van der Waals surface area contributed by atoms with Crippen LogP contribution in [0.5, 0.6) is 5.75 Å². The normalized spacial score (nSPS) is 11.7. The molecule has 1 atom stereocenters. The van der Waals surface area contributed by atoms with Gasteiger partial charge in [-0.05, 0) is 29.8 Å². The van der Waals surface area contributed by atoms with E-state index in [1.165, 1.54) is 19.2 Å². The Bertz CT molecular complexity index is 680. The number of anilines is 1. The van der Waals surface area contributed by atoms with Crippen molar-refractivity contribution in [2.75, 3.05) is 19.0 Å². The summed E-state index contributed by atoms with van der Waals surface area (Å²) in [5.41, 5.74) is 0.885. The fraction of sp³-hybridized carbons (Fsp3) is 0.188. The standard InChI is InChI=1S/C16H16ClFN2O3/c1-23-15-7-6-12(18)8-13(15)19-16(22)20-14(9-21)10-2-4-11(17)5-3-10/h2-8,14,21H,9H2,1H3,(H2,19,20,22). The number of urea groups is 1. The number of benzene rings is 2. The van der Waals surface area contributed by atoms with Crippen molar-refractivity contribution in [3.63, 3.8) is 0 Å². The molecule has 0 radical (unpaired) electrons. The van der Waals surface area contributed by atoms with Crippen LogP contribution >= 0.6 is 11.6 Å². The van der Waals surface area contributed by atoms with E-state index in [0.29, 0.717) is 16.3 Å². The highest BCUT2D eigenvalue weighted by atomic mass is 35.5. The molecule has 0 aliphatic heterocycles. The molecule has 122 valence electrons. The first-order chi connectivity index (χ1) is 11.0. The number of hydrogen-bond donors (Lipinski definition) is 3. The van der Waals surface area contributed by atoms with Crippen molar-refractivity contribution in [1.82, 2.24) is 5.32 Å². The number of halogens is 2. The van der Waals surface area contributed by atoms with E-state index in [4.69, 9.17) is 16.3 Å². The summed E-state index contributed by atoms with van der Waals surface area (Å²) >= 11 is 5.81. The van der Waals surface area contributed by atoms with Crippen LogP contribution in [0.4, 0.5) is 14.9 Å². The van der Waals surface area contributed by atoms with Crippen LogP contribution in [0.1, 0.15) is 11.6 Å². The van der Waals surface area contributed by atoms with Gasteiger partial charge in [-0.3, -0.25) is 0 Å². The fourth-order valence-electron chi connectivity index (χ4n) is 2.02. The Hall–Kier alpha value is -2.31. The number of amides is 2. The second-order valence-corrected chi connectivity index (χ2v) is 5.17. The van der Waals surface area contributed by atoms with Crippen LogP contribution in [0.25, 0.3) is 0 Å². The van der Waals surface area contributed by atoms with Crippen molar-refractivity contribution in [1.29, 1.82) is 0 Å². The van der Waals surface area contributed by atoms with Gasteiger partial charge in [0.1, 0.15) is 11.6 Å². The molecule has 0 fully saturated rings. The first-order valence-corrected chi connectivity index (χ1v) is 7.18. The van der Waals surface area contributed by atoms with E-state index < -0.39 is 17.9 Å². The molecule has 0 saturated heterocycles. The number of ether oxygens (including phenoxy) is 1. The Morgan fingerprint density at radius 2 is 2.00 bits per heavy atom. The topological polar surface area (TPSA) is 70.6 Å². The number of aliphatic hydroxyl groups is 1. The summed E-state index contributed by atoms with van der Waals surface area (Å²) in [5, 5.41) is 15.1. The van der Waals surface area contributed by atoms with Crippen LogP contribution in [-0.2, 0) is 0 Å². The minimum Gasteiger partial charge on any atom is -0.495 e. The van der Waals surface area contributed by atoms with E-state index in [2.05, 4.69) is 10.6 Å². The summed E-state index contributed by atoms with van der Waals surface area (Å²) in [7, 11) is 1.42. The Morgan fingerprint density at radius 3 is 2.61 bits per heavy atom. The predicted molar refractivity (Wildman–Crippen MR) is 86.4 cm³/mol. The van der Waals surface area contributed by atoms with Gasteiger partial charge in [-0.25, -0.2) is 9.18 Å². The van der Waals surface area contributed by atoms with Crippen molar-refractivity contribution in [3.05, 3.63) is 58.9 Å². The molecule has 7 heteroatoms. The van der Waals surface area contributed by atoms with Crippen molar-refractivity contribution in [3.8, 4) is 5.75 Å². The van der Waals surface area contributed by atoms with Gasteiger partial charge in [0.15, 0.2) is 0 Å². The first-order valence-electron chi connectivity index (χ1n) is 6.81. The van der Waals surface area contributed by atoms with Crippen LogP contribution in [0.15, 0.2) is 42.5 Å². The molecule has 23 heavy (non-hydrogen) atoms. The number of hydrogen-bond acceptors (Lipinski definition) is 3. The Kier molecular flexibility index (Phi) is 5.78. The number of carbonyl (C=O) groups excluding carboxylic acids is 1. The van der Waals surface area contributed by atoms with E-state index in [0.717, 1.165) is 6.07 Å². The Morgan fingerprint density at radius 1 is 1.30 bits per heavy atom. The lowest BCUT2D eigenvalue weighted by Gasteiger charge is -2.18. The summed E-state index contributed by atoms with van der Waals surface area (Å²) in [4.78, 5) is 12.1. The van der Waals surface area contributed by atoms with Crippen molar-refractivity contribution in [2.45, 2.75) is 6.04 Å². The van der Waals surface area contributed by atoms with Crippen LogP contribution in [0, 0.1) is 5.82 Å². The monoisotopic (exact) mass is 338 g/mol. The SMILES string of the molecule is COc1ccc(F)cc1NC(=O)NC(CO)c1ccc(Cl)cc1. The largest absolute Gasteiger partial charge is 0.495 e. The molecule has 2 amide bonds. The minimum atomic E-state index is -0.619. The van der Waals surface area contributed by atoms with Crippen molar-refractivity contribution in [2.24, 2.45) is 0 Å². The molecule has 3 N–H and O–H groups in total. The minimum absolute atomic E-state index is 0.192. The lowest BCUT2D eigenvalue weighted by atomic mass is 10.1. The van der Waals surface area contributed by atoms with Crippen LogP contribution < -0.4 is 15.4 Å². The predicted octanol–water partition coefficient (Wildman–Crippen LogP) is 3.34. The molecule has 5 nitrogen and oxygen atoms in total. The zero-order valence-electron chi connectivity index (χ0n) is 12.3. The summed E-state index contributed by atoms with van der Waals surface area (Å²) in [6.45, 7) is -0.296. The molecule has 0 bridgehead atoms. The number of aliphatic hydroxyl groups excluding tert-OH is 1. The molecule has 0 spiro atoms. The lowest BCUT2D eigenvalue weighted by molar-refractivity contribution is 0.225. The number of rotatable bonds is 5. The van der Waals surface area contributed by atoms with Gasteiger partial charge in [-0.15, -0.1) is 0 Å². The zero-order chi connectivity index (χ0) is 16.8. The third-order valence-corrected chi connectivity index (χ3v) is 3.42. The summed E-state index contributed by atoms with van der Waals surface area (Å²) in [6, 6.07) is 9.30. The third-order valence-electron chi connectivity index (χ3n) is 3.17. The second-order valence-electron chi connectivity index (χ2n) is 4.73. The van der Waals surface area contributed by atoms with Gasteiger partial charge in [-0.2, -0.15) is 0 Å². The van der Waals surface area contributed by atoms with Gasteiger partial charge in [0.2, 0.25) is 0 Å². The quantitative estimate of drug-likeness (QED) is 0.783. The highest BCUT2D eigenvalue weighted by Crippen LogP contribution is 2.25. The van der Waals surface area contributed by atoms with Gasteiger partial charge in [0, 0.05) is 11.1 Å². The molecule has 2 aromatic carbocycles. The molecule has 2 aromatic rings. The average molecular weight is 339 g/mol. The molecule has 0 aliphatic carbocycles. The number of methoxy groups -OCH3 is 1. The zero-order valence-corrected chi connectivity index (χ0v) is 13.1. The van der Waals surface area contributed by atoms with Crippen molar-refractivity contribution < 1.29 is 19.0 Å². The fourth-order valence-corrected chi connectivity index (χ4v) is 2.15. The molecule has 0 saturated carbocycles. The first kappa shape index (κ1) is 17.1. The summed E-state index contributed by atoms with van der Waals surface area (Å²) in [5.74, 6) is -0.175. The molecular weight excluding hydrogens is 323 g/mol. The molecule has 2 rings (SSSR count). The van der Waals surface area contributed by atoms with E-state index in [-0.39, 0.29) is 12.3 Å². The molecule has 0 heterocycles. The van der Waals surface area contributed by atoms with E-state index in [9.17, 15) is 14.3 Å². The van der Waals surface area contributed by atoms with Crippen LogP contribution in [0.2, 0.25) is 5.02 Å². The highest BCUT2D eigenvalue weighted by molar-refractivity contribution is 6.30. The highest BCUT2D eigenvalue weighted by Gasteiger charge is 2.15. The molecule has 1 unspecified atom stereocenters. The van der Waals surface area contributed by atoms with Gasteiger partial charge < -0.3 is 20.5 Å². The van der Waals surface area contributed by atoms with Crippen LogP contribution in [0.3, 0.4) is 0 Å².